The van der Waals surface area contributed by atoms with E-state index >= 15 is 0 Å². The smallest absolute Gasteiger partial charge is 0.322 e. The van der Waals surface area contributed by atoms with Crippen molar-refractivity contribution >= 4 is 23.3 Å². The lowest BCUT2D eigenvalue weighted by atomic mass is 10.2. The van der Waals surface area contributed by atoms with Crippen LogP contribution in [0.1, 0.15) is 24.1 Å². The number of anilines is 1. The SMILES string of the molecule is O=C(Nc1cccc(Cl)c1)N(Cc1cccn1Cc1ccccc1)C1CC1. The number of nitrogens with one attached hydrogen (secondary N) is 1. The summed E-state index contributed by atoms with van der Waals surface area (Å²) in [6.45, 7) is 1.40. The molecule has 0 aliphatic heterocycles. The maximum Gasteiger partial charge on any atom is 0.322 e. The van der Waals surface area contributed by atoms with Gasteiger partial charge in [0.2, 0.25) is 0 Å². The molecule has 1 fully saturated rings. The third-order valence-corrected chi connectivity index (χ3v) is 5.01. The van der Waals surface area contributed by atoms with Crippen molar-refractivity contribution in [1.82, 2.24) is 9.47 Å². The Balaban J connectivity index is 1.48. The number of rotatable bonds is 6. The standard InChI is InChI=1S/C22H22ClN3O/c23-18-8-4-9-19(14-18)24-22(27)26(20-11-12-20)16-21-10-5-13-25(21)15-17-6-2-1-3-7-17/h1-10,13-14,20H,11-12,15-16H2,(H,24,27). The van der Waals surface area contributed by atoms with Crippen LogP contribution in [0.3, 0.4) is 0 Å². The quantitative estimate of drug-likeness (QED) is 0.612. The molecule has 1 saturated carbocycles. The van der Waals surface area contributed by atoms with Crippen LogP contribution in [0.5, 0.6) is 0 Å². The van der Waals surface area contributed by atoms with Crippen LogP contribution >= 0.6 is 11.6 Å². The Labute approximate surface area is 164 Å². The number of carbonyl (C=O) groups is 1. The van der Waals surface area contributed by atoms with Crippen LogP contribution < -0.4 is 5.32 Å². The number of urea groups is 1. The minimum Gasteiger partial charge on any atom is -0.345 e. The average molecular weight is 380 g/mol. The highest BCUT2D eigenvalue weighted by molar-refractivity contribution is 6.30. The van der Waals surface area contributed by atoms with Crippen LogP contribution in [-0.2, 0) is 13.1 Å². The van der Waals surface area contributed by atoms with Crippen molar-refractivity contribution in [3.63, 3.8) is 0 Å². The Morgan fingerprint density at radius 3 is 2.63 bits per heavy atom. The zero-order valence-corrected chi connectivity index (χ0v) is 15.8. The number of halogens is 1. The fourth-order valence-corrected chi connectivity index (χ4v) is 3.41. The molecule has 2 amide bonds. The summed E-state index contributed by atoms with van der Waals surface area (Å²) in [6, 6.07) is 22.0. The third kappa shape index (κ3) is 4.52. The summed E-state index contributed by atoms with van der Waals surface area (Å²) in [4.78, 5) is 14.8. The lowest BCUT2D eigenvalue weighted by molar-refractivity contribution is 0.204. The third-order valence-electron chi connectivity index (χ3n) is 4.78. The lowest BCUT2D eigenvalue weighted by Gasteiger charge is -2.24. The highest BCUT2D eigenvalue weighted by Crippen LogP contribution is 2.29. The fourth-order valence-electron chi connectivity index (χ4n) is 3.22. The van der Waals surface area contributed by atoms with Crippen molar-refractivity contribution in [3.05, 3.63) is 89.2 Å². The minimum absolute atomic E-state index is 0.0766. The zero-order chi connectivity index (χ0) is 18.6. The summed E-state index contributed by atoms with van der Waals surface area (Å²) in [7, 11) is 0. The highest BCUT2D eigenvalue weighted by atomic mass is 35.5. The summed E-state index contributed by atoms with van der Waals surface area (Å²) < 4.78 is 2.21. The van der Waals surface area contributed by atoms with Gasteiger partial charge in [-0.15, -0.1) is 0 Å². The molecule has 0 bridgehead atoms. The number of benzene rings is 2. The molecule has 5 heteroatoms. The van der Waals surface area contributed by atoms with Crippen LogP contribution in [0.25, 0.3) is 0 Å². The van der Waals surface area contributed by atoms with Crippen molar-refractivity contribution in [2.75, 3.05) is 5.32 Å². The zero-order valence-electron chi connectivity index (χ0n) is 15.0. The van der Waals surface area contributed by atoms with Crippen molar-refractivity contribution in [3.8, 4) is 0 Å². The van der Waals surface area contributed by atoms with E-state index in [0.29, 0.717) is 17.6 Å². The Bertz CT molecular complexity index is 918. The van der Waals surface area contributed by atoms with E-state index in [9.17, 15) is 4.79 Å². The largest absolute Gasteiger partial charge is 0.345 e. The monoisotopic (exact) mass is 379 g/mol. The Morgan fingerprint density at radius 2 is 1.89 bits per heavy atom. The molecule has 1 aliphatic carbocycles. The molecule has 4 nitrogen and oxygen atoms in total. The first kappa shape index (κ1) is 17.7. The molecule has 1 aromatic heterocycles. The van der Waals surface area contributed by atoms with E-state index in [-0.39, 0.29) is 6.03 Å². The summed E-state index contributed by atoms with van der Waals surface area (Å²) in [5, 5.41) is 3.59. The molecule has 0 radical (unpaired) electrons. The van der Waals surface area contributed by atoms with Crippen molar-refractivity contribution in [1.29, 1.82) is 0 Å². The second-order valence-corrected chi connectivity index (χ2v) is 7.35. The number of hydrogen-bond acceptors (Lipinski definition) is 1. The summed E-state index contributed by atoms with van der Waals surface area (Å²) in [5.74, 6) is 0. The van der Waals surface area contributed by atoms with E-state index in [1.807, 2.05) is 41.3 Å². The van der Waals surface area contributed by atoms with Crippen LogP contribution in [0.15, 0.2) is 72.9 Å². The van der Waals surface area contributed by atoms with Gasteiger partial charge in [0.15, 0.2) is 0 Å². The normalized spacial score (nSPS) is 13.4. The number of hydrogen-bond donors (Lipinski definition) is 1. The van der Waals surface area contributed by atoms with Gasteiger partial charge in [-0.05, 0) is 48.7 Å². The van der Waals surface area contributed by atoms with E-state index < -0.39 is 0 Å². The molecule has 2 aromatic carbocycles. The second-order valence-electron chi connectivity index (χ2n) is 6.91. The topological polar surface area (TPSA) is 37.3 Å². The van der Waals surface area contributed by atoms with Crippen molar-refractivity contribution in [2.45, 2.75) is 32.0 Å². The van der Waals surface area contributed by atoms with Gasteiger partial charge in [0, 0.05) is 35.2 Å². The average Bonchev–Trinajstić information content (AvgIpc) is 3.41. The summed E-state index contributed by atoms with van der Waals surface area (Å²) >= 11 is 6.03. The molecule has 0 saturated heterocycles. The van der Waals surface area contributed by atoms with Gasteiger partial charge in [0.1, 0.15) is 0 Å². The molecule has 27 heavy (non-hydrogen) atoms. The van der Waals surface area contributed by atoms with E-state index in [0.717, 1.165) is 30.8 Å². The fraction of sp³-hybridized carbons (Fsp3) is 0.227. The minimum atomic E-state index is -0.0766. The predicted molar refractivity (Wildman–Crippen MR) is 109 cm³/mol. The molecule has 1 aliphatic rings. The van der Waals surface area contributed by atoms with Gasteiger partial charge in [-0.2, -0.15) is 0 Å². The molecule has 0 atom stereocenters. The molecule has 138 valence electrons. The molecule has 3 aromatic rings. The van der Waals surface area contributed by atoms with Crippen molar-refractivity contribution in [2.24, 2.45) is 0 Å². The highest BCUT2D eigenvalue weighted by Gasteiger charge is 2.33. The summed E-state index contributed by atoms with van der Waals surface area (Å²) in [6.07, 6.45) is 4.19. The summed E-state index contributed by atoms with van der Waals surface area (Å²) in [5.41, 5.74) is 3.10. The van der Waals surface area contributed by atoms with Gasteiger partial charge in [-0.1, -0.05) is 48.0 Å². The van der Waals surface area contributed by atoms with E-state index in [1.54, 1.807) is 12.1 Å². The van der Waals surface area contributed by atoms with Crippen LogP contribution in [0.4, 0.5) is 10.5 Å². The first-order valence-corrected chi connectivity index (χ1v) is 9.58. The number of nitrogens with zero attached hydrogens (tertiary/aromatic N) is 2. The molecule has 1 heterocycles. The Kier molecular flexibility index (Phi) is 5.16. The maximum absolute atomic E-state index is 12.9. The second kappa shape index (κ2) is 7.89. The molecule has 1 N–H and O–H groups in total. The van der Waals surface area contributed by atoms with Crippen LogP contribution in [-0.4, -0.2) is 21.5 Å². The van der Waals surface area contributed by atoms with Gasteiger partial charge in [0.25, 0.3) is 0 Å². The number of aromatic nitrogens is 1. The van der Waals surface area contributed by atoms with Gasteiger partial charge in [-0.25, -0.2) is 4.79 Å². The molecule has 4 rings (SSSR count). The Morgan fingerprint density at radius 1 is 1.07 bits per heavy atom. The number of carbonyl (C=O) groups excluding carboxylic acids is 1. The molecule has 0 spiro atoms. The van der Waals surface area contributed by atoms with Crippen LogP contribution in [0, 0.1) is 0 Å². The number of amides is 2. The van der Waals surface area contributed by atoms with Gasteiger partial charge >= 0.3 is 6.03 Å². The lowest BCUT2D eigenvalue weighted by Crippen LogP contribution is -2.36. The van der Waals surface area contributed by atoms with E-state index in [1.165, 1.54) is 5.56 Å². The Hall–Kier alpha value is -2.72. The molecule has 0 unspecified atom stereocenters. The van der Waals surface area contributed by atoms with Crippen LogP contribution in [0.2, 0.25) is 5.02 Å². The van der Waals surface area contributed by atoms with Gasteiger partial charge < -0.3 is 14.8 Å². The maximum atomic E-state index is 12.9. The van der Waals surface area contributed by atoms with Gasteiger partial charge in [-0.3, -0.25) is 0 Å². The van der Waals surface area contributed by atoms with E-state index in [4.69, 9.17) is 11.6 Å². The first-order valence-electron chi connectivity index (χ1n) is 9.20. The first-order chi connectivity index (χ1) is 13.2. The molecular weight excluding hydrogens is 358 g/mol. The van der Waals surface area contributed by atoms with Crippen molar-refractivity contribution < 1.29 is 4.79 Å². The van der Waals surface area contributed by atoms with Gasteiger partial charge in [0.05, 0.1) is 6.54 Å². The molecular formula is C22H22ClN3O. The predicted octanol–water partition coefficient (Wildman–Crippen LogP) is 5.39. The van der Waals surface area contributed by atoms with E-state index in [2.05, 4.69) is 34.3 Å².